The van der Waals surface area contributed by atoms with Crippen LogP contribution in [0.2, 0.25) is 5.02 Å². The number of halogens is 1. The first-order valence-electron chi connectivity index (χ1n) is 10.5. The minimum absolute atomic E-state index is 0.0125. The average Bonchev–Trinajstić information content (AvgIpc) is 3.22. The third kappa shape index (κ3) is 3.88. The van der Waals surface area contributed by atoms with Crippen molar-refractivity contribution in [2.75, 3.05) is 12.1 Å². The Labute approximate surface area is 188 Å². The van der Waals surface area contributed by atoms with E-state index in [1.54, 1.807) is 35.3 Å². The van der Waals surface area contributed by atoms with Gasteiger partial charge in [0, 0.05) is 30.5 Å². The smallest absolute Gasteiger partial charge is 0.165 e. The molecule has 0 radical (unpaired) electrons. The molecule has 0 amide bonds. The standard InChI is InChI=1S/C23H29ClN6O/c1-22(2)12-6-13-23(3,4)30(22)28(5)19-11-9-17(26-27-19)20-16(24)8-10-18(31)21(20)29-15-7-14-25-29/h7-11,14-15,31H,6,12-13H2,1-5H3. The van der Waals surface area contributed by atoms with Crippen LogP contribution in [0.25, 0.3) is 16.9 Å². The van der Waals surface area contributed by atoms with Crippen LogP contribution in [0, 0.1) is 0 Å². The van der Waals surface area contributed by atoms with Crippen LogP contribution in [0.1, 0.15) is 47.0 Å². The van der Waals surface area contributed by atoms with E-state index in [1.165, 1.54) is 6.42 Å². The molecule has 0 unspecified atom stereocenters. The molecular formula is C23H29ClN6O. The van der Waals surface area contributed by atoms with E-state index in [4.69, 9.17) is 11.6 Å². The number of benzene rings is 1. The Hall–Kier alpha value is -2.64. The van der Waals surface area contributed by atoms with E-state index in [-0.39, 0.29) is 16.8 Å². The molecule has 0 saturated carbocycles. The van der Waals surface area contributed by atoms with Crippen LogP contribution in [0.4, 0.5) is 5.82 Å². The van der Waals surface area contributed by atoms with E-state index in [9.17, 15) is 5.11 Å². The first kappa shape index (κ1) is 21.6. The van der Waals surface area contributed by atoms with E-state index >= 15 is 0 Å². The molecule has 1 N–H and O–H groups in total. The first-order valence-corrected chi connectivity index (χ1v) is 10.9. The number of hydrazine groups is 1. The van der Waals surface area contributed by atoms with E-state index in [0.717, 1.165) is 18.7 Å². The molecule has 1 saturated heterocycles. The van der Waals surface area contributed by atoms with Crippen LogP contribution in [0.5, 0.6) is 5.75 Å². The van der Waals surface area contributed by atoms with Crippen LogP contribution in [-0.4, -0.2) is 48.2 Å². The van der Waals surface area contributed by atoms with Crippen molar-refractivity contribution in [3.8, 4) is 22.7 Å². The molecule has 4 rings (SSSR count). The van der Waals surface area contributed by atoms with Gasteiger partial charge >= 0.3 is 0 Å². The van der Waals surface area contributed by atoms with Crippen molar-refractivity contribution in [1.82, 2.24) is 25.0 Å². The van der Waals surface area contributed by atoms with Crippen LogP contribution >= 0.6 is 11.6 Å². The van der Waals surface area contributed by atoms with Crippen molar-refractivity contribution in [2.45, 2.75) is 58.0 Å². The number of piperidine rings is 1. The van der Waals surface area contributed by atoms with Gasteiger partial charge in [-0.25, -0.2) is 9.69 Å². The molecule has 2 aromatic heterocycles. The summed E-state index contributed by atoms with van der Waals surface area (Å²) in [7, 11) is 2.04. The van der Waals surface area contributed by atoms with Crippen molar-refractivity contribution in [1.29, 1.82) is 0 Å². The van der Waals surface area contributed by atoms with Crippen LogP contribution in [-0.2, 0) is 0 Å². The fourth-order valence-electron chi connectivity index (χ4n) is 4.96. The molecule has 0 atom stereocenters. The van der Waals surface area contributed by atoms with Gasteiger partial charge in [0.05, 0.1) is 16.3 Å². The zero-order valence-electron chi connectivity index (χ0n) is 18.7. The van der Waals surface area contributed by atoms with Gasteiger partial charge in [0.15, 0.2) is 5.82 Å². The molecule has 1 aromatic carbocycles. The summed E-state index contributed by atoms with van der Waals surface area (Å²) in [6, 6.07) is 8.82. The fraction of sp³-hybridized carbons (Fsp3) is 0.435. The molecule has 0 aliphatic carbocycles. The second-order valence-corrected chi connectivity index (χ2v) is 9.74. The first-order chi connectivity index (χ1) is 14.6. The minimum Gasteiger partial charge on any atom is -0.506 e. The molecule has 31 heavy (non-hydrogen) atoms. The molecule has 164 valence electrons. The Kier molecular flexibility index (Phi) is 5.43. The highest BCUT2D eigenvalue weighted by atomic mass is 35.5. The molecule has 1 aliphatic heterocycles. The van der Waals surface area contributed by atoms with Crippen molar-refractivity contribution in [2.24, 2.45) is 0 Å². The van der Waals surface area contributed by atoms with Crippen molar-refractivity contribution in [3.05, 3.63) is 47.7 Å². The molecule has 8 heteroatoms. The normalized spacial score (nSPS) is 18.1. The number of rotatable bonds is 4. The zero-order valence-corrected chi connectivity index (χ0v) is 19.4. The Bertz CT molecular complexity index is 1050. The van der Waals surface area contributed by atoms with Gasteiger partial charge in [0.2, 0.25) is 0 Å². The maximum absolute atomic E-state index is 10.5. The van der Waals surface area contributed by atoms with Gasteiger partial charge in [-0.1, -0.05) is 11.6 Å². The number of phenolic OH excluding ortho intramolecular Hbond substituents is 1. The molecule has 7 nitrogen and oxygen atoms in total. The summed E-state index contributed by atoms with van der Waals surface area (Å²) < 4.78 is 1.58. The topological polar surface area (TPSA) is 70.3 Å². The Balaban J connectivity index is 1.73. The summed E-state index contributed by atoms with van der Waals surface area (Å²) in [6.07, 6.45) is 6.86. The van der Waals surface area contributed by atoms with E-state index in [2.05, 4.69) is 53.0 Å². The summed E-state index contributed by atoms with van der Waals surface area (Å²) in [4.78, 5) is 0. The number of aromatic hydroxyl groups is 1. The molecule has 3 aromatic rings. The number of nitrogens with zero attached hydrogens (tertiary/aromatic N) is 6. The average molecular weight is 441 g/mol. The van der Waals surface area contributed by atoms with Crippen LogP contribution < -0.4 is 5.01 Å². The summed E-state index contributed by atoms with van der Waals surface area (Å²) >= 11 is 6.51. The number of hydrogen-bond acceptors (Lipinski definition) is 6. The van der Waals surface area contributed by atoms with E-state index < -0.39 is 0 Å². The van der Waals surface area contributed by atoms with Gasteiger partial charge in [-0.3, -0.25) is 5.01 Å². The molecule has 3 heterocycles. The number of phenols is 1. The lowest BCUT2D eigenvalue weighted by molar-refractivity contribution is -0.0332. The van der Waals surface area contributed by atoms with Crippen molar-refractivity contribution < 1.29 is 5.11 Å². The Morgan fingerprint density at radius 1 is 1.03 bits per heavy atom. The molecule has 1 aliphatic rings. The minimum atomic E-state index is 0.0125. The lowest BCUT2D eigenvalue weighted by atomic mass is 9.81. The van der Waals surface area contributed by atoms with Gasteiger partial charge in [0.1, 0.15) is 11.4 Å². The number of aromatic nitrogens is 4. The quantitative estimate of drug-likeness (QED) is 0.609. The second-order valence-electron chi connectivity index (χ2n) is 9.33. The lowest BCUT2D eigenvalue weighted by Crippen LogP contribution is -2.64. The highest BCUT2D eigenvalue weighted by Crippen LogP contribution is 2.41. The largest absolute Gasteiger partial charge is 0.506 e. The molecule has 0 bridgehead atoms. The number of anilines is 1. The lowest BCUT2D eigenvalue weighted by Gasteiger charge is -2.56. The molecular weight excluding hydrogens is 412 g/mol. The van der Waals surface area contributed by atoms with Crippen LogP contribution in [0.3, 0.4) is 0 Å². The Morgan fingerprint density at radius 2 is 1.74 bits per heavy atom. The second kappa shape index (κ2) is 7.80. The van der Waals surface area contributed by atoms with Gasteiger partial charge in [-0.05, 0) is 77.3 Å². The Morgan fingerprint density at radius 3 is 2.32 bits per heavy atom. The predicted molar refractivity (Wildman–Crippen MR) is 124 cm³/mol. The zero-order chi connectivity index (χ0) is 22.4. The van der Waals surface area contributed by atoms with Gasteiger partial charge < -0.3 is 5.11 Å². The fourth-order valence-corrected chi connectivity index (χ4v) is 5.21. The highest BCUT2D eigenvalue weighted by molar-refractivity contribution is 6.33. The summed E-state index contributed by atoms with van der Waals surface area (Å²) in [6.45, 7) is 9.09. The third-order valence-electron chi connectivity index (χ3n) is 6.10. The number of hydrogen-bond donors (Lipinski definition) is 1. The summed E-state index contributed by atoms with van der Waals surface area (Å²) in [5.41, 5.74) is 1.66. The van der Waals surface area contributed by atoms with E-state index in [0.29, 0.717) is 22.0 Å². The van der Waals surface area contributed by atoms with Gasteiger partial charge in [0.25, 0.3) is 0 Å². The maximum Gasteiger partial charge on any atom is 0.165 e. The highest BCUT2D eigenvalue weighted by Gasteiger charge is 2.44. The monoisotopic (exact) mass is 440 g/mol. The van der Waals surface area contributed by atoms with Crippen LogP contribution in [0.15, 0.2) is 42.7 Å². The summed E-state index contributed by atoms with van der Waals surface area (Å²) in [5, 5.41) is 28.7. The van der Waals surface area contributed by atoms with Gasteiger partial charge in [-0.2, -0.15) is 5.10 Å². The summed E-state index contributed by atoms with van der Waals surface area (Å²) in [5.74, 6) is 0.826. The third-order valence-corrected chi connectivity index (χ3v) is 6.42. The maximum atomic E-state index is 10.5. The SMILES string of the molecule is CN(c1ccc(-c2c(Cl)ccc(O)c2-n2cccn2)nn1)N1C(C)(C)CCCC1(C)C. The molecule has 1 fully saturated rings. The van der Waals surface area contributed by atoms with Crippen molar-refractivity contribution >= 4 is 17.4 Å². The molecule has 0 spiro atoms. The van der Waals surface area contributed by atoms with Crippen molar-refractivity contribution in [3.63, 3.8) is 0 Å². The van der Waals surface area contributed by atoms with E-state index in [1.807, 2.05) is 19.2 Å². The predicted octanol–water partition coefficient (Wildman–Crippen LogP) is 5.08. The van der Waals surface area contributed by atoms with Gasteiger partial charge in [-0.15, -0.1) is 10.2 Å².